The summed E-state index contributed by atoms with van der Waals surface area (Å²) in [7, 11) is 1.31. The molecule has 0 bridgehead atoms. The Hall–Kier alpha value is -2.88. The van der Waals surface area contributed by atoms with Gasteiger partial charge in [0.1, 0.15) is 0 Å². The summed E-state index contributed by atoms with van der Waals surface area (Å²) in [4.78, 5) is 24.0. The van der Waals surface area contributed by atoms with E-state index in [0.29, 0.717) is 38.1 Å². The van der Waals surface area contributed by atoms with Crippen LogP contribution in [0.15, 0.2) is 47.6 Å². The largest absolute Gasteiger partial charge is 0.466 e. The van der Waals surface area contributed by atoms with Crippen LogP contribution in [0.1, 0.15) is 36.8 Å². The molecule has 8 nitrogen and oxygen atoms in total. The van der Waals surface area contributed by atoms with E-state index in [9.17, 15) is 9.59 Å². The smallest absolute Gasteiger partial charge is 0.330 e. The number of carbonyl (C=O) groups excluding carboxylic acids is 2. The zero-order valence-electron chi connectivity index (χ0n) is 18.4. The Morgan fingerprint density at radius 1 is 1.21 bits per heavy atom. The number of methoxy groups -OCH3 is 1. The van der Waals surface area contributed by atoms with Gasteiger partial charge >= 0.3 is 5.97 Å². The van der Waals surface area contributed by atoms with E-state index >= 15 is 0 Å². The van der Waals surface area contributed by atoms with Crippen LogP contribution in [0.3, 0.4) is 0 Å². The Morgan fingerprint density at radius 2 is 2.00 bits per heavy atom. The van der Waals surface area contributed by atoms with Crippen molar-refractivity contribution in [3.8, 4) is 5.69 Å². The molecule has 1 heterocycles. The zero-order chi connectivity index (χ0) is 24.2. The Morgan fingerprint density at radius 3 is 2.68 bits per heavy atom. The monoisotopic (exact) mass is 517 g/mol. The molecule has 1 aromatic heterocycles. The van der Waals surface area contributed by atoms with E-state index in [1.54, 1.807) is 25.1 Å². The van der Waals surface area contributed by atoms with Crippen LogP contribution in [-0.2, 0) is 14.3 Å². The number of aromatic nitrogens is 4. The van der Waals surface area contributed by atoms with E-state index in [1.807, 2.05) is 18.2 Å². The van der Waals surface area contributed by atoms with Crippen molar-refractivity contribution in [2.24, 2.45) is 0 Å². The first-order valence-electron chi connectivity index (χ1n) is 10.4. The van der Waals surface area contributed by atoms with Crippen molar-refractivity contribution in [3.63, 3.8) is 0 Å². The Balaban J connectivity index is 1.39. The fraction of sp³-hybridized carbons (Fsp3) is 0.261. The van der Waals surface area contributed by atoms with Crippen molar-refractivity contribution in [1.82, 2.24) is 20.2 Å². The van der Waals surface area contributed by atoms with E-state index in [0.717, 1.165) is 5.56 Å². The van der Waals surface area contributed by atoms with Gasteiger partial charge in [-0.1, -0.05) is 47.1 Å². The molecule has 34 heavy (non-hydrogen) atoms. The lowest BCUT2D eigenvalue weighted by molar-refractivity contribution is -0.134. The Bertz CT molecular complexity index is 1270. The molecule has 3 aromatic rings. The highest BCUT2D eigenvalue weighted by Crippen LogP contribution is 2.41. The predicted molar refractivity (Wildman–Crippen MR) is 133 cm³/mol. The lowest BCUT2D eigenvalue weighted by Crippen LogP contribution is -2.15. The molecule has 1 aliphatic rings. The number of nitrogens with zero attached hydrogens (tertiary/aromatic N) is 4. The van der Waals surface area contributed by atoms with Crippen LogP contribution in [0, 0.1) is 0 Å². The fourth-order valence-corrected chi connectivity index (χ4v) is 4.46. The molecule has 0 spiro atoms. The van der Waals surface area contributed by atoms with Crippen LogP contribution in [0.4, 0.5) is 5.69 Å². The highest BCUT2D eigenvalue weighted by molar-refractivity contribution is 7.99. The van der Waals surface area contributed by atoms with Gasteiger partial charge in [0.2, 0.25) is 11.1 Å². The van der Waals surface area contributed by atoms with E-state index < -0.39 is 5.97 Å². The molecule has 176 valence electrons. The minimum Gasteiger partial charge on any atom is -0.466 e. The first kappa shape index (κ1) is 24.3. The second-order valence-electron chi connectivity index (χ2n) is 7.74. The van der Waals surface area contributed by atoms with Gasteiger partial charge in [-0.25, -0.2) is 4.79 Å². The summed E-state index contributed by atoms with van der Waals surface area (Å²) in [6.07, 6.45) is 3.75. The van der Waals surface area contributed by atoms with Crippen LogP contribution in [-0.4, -0.2) is 44.9 Å². The summed E-state index contributed by atoms with van der Waals surface area (Å²) < 4.78 is 6.16. The predicted octanol–water partition coefficient (Wildman–Crippen LogP) is 5.15. The molecule has 0 aliphatic heterocycles. The number of hydrogen-bond acceptors (Lipinski definition) is 7. The number of thioether (sulfide) groups is 1. The molecule has 11 heteroatoms. The molecule has 1 amide bonds. The number of allylic oxidation sites excluding steroid dienone is 1. The standard InChI is InChI=1S/C23H21Cl2N5O3S/c1-13(9-22(32)33-2)15-5-7-19(17(24)10-15)26-21(31)12-34-23-27-28-29-30(23)20-8-6-16(11-18(20)25)14-3-4-14/h5-11,14H,3-4,12H2,1-2H3,(H,26,31)/b13-9-. The molecule has 2 aromatic carbocycles. The maximum absolute atomic E-state index is 12.5. The fourth-order valence-electron chi connectivity index (χ4n) is 3.28. The number of benzene rings is 2. The summed E-state index contributed by atoms with van der Waals surface area (Å²) >= 11 is 14.0. The van der Waals surface area contributed by atoms with Crippen LogP contribution in [0.2, 0.25) is 10.0 Å². The number of nitrogens with one attached hydrogen (secondary N) is 1. The average Bonchev–Trinajstić information content (AvgIpc) is 3.57. The molecule has 1 fully saturated rings. The first-order chi connectivity index (χ1) is 16.4. The topological polar surface area (TPSA) is 99.0 Å². The van der Waals surface area contributed by atoms with Crippen LogP contribution >= 0.6 is 35.0 Å². The number of amides is 1. The van der Waals surface area contributed by atoms with E-state index in [4.69, 9.17) is 23.2 Å². The second kappa shape index (κ2) is 10.6. The highest BCUT2D eigenvalue weighted by atomic mass is 35.5. The quantitative estimate of drug-likeness (QED) is 0.250. The molecule has 0 atom stereocenters. The van der Waals surface area contributed by atoms with Crippen molar-refractivity contribution in [2.45, 2.75) is 30.8 Å². The summed E-state index contributed by atoms with van der Waals surface area (Å²) in [5, 5.41) is 15.9. The third-order valence-corrected chi connectivity index (χ3v) is 6.79. The molecular formula is C23H21Cl2N5O3S. The van der Waals surface area contributed by atoms with E-state index in [2.05, 4.69) is 25.6 Å². The van der Waals surface area contributed by atoms with E-state index in [-0.39, 0.29) is 11.7 Å². The molecule has 1 N–H and O–H groups in total. The second-order valence-corrected chi connectivity index (χ2v) is 9.50. The maximum Gasteiger partial charge on any atom is 0.330 e. The number of ether oxygens (including phenoxy) is 1. The summed E-state index contributed by atoms with van der Waals surface area (Å²) in [5.74, 6) is -0.0688. The summed E-state index contributed by atoms with van der Waals surface area (Å²) in [6.45, 7) is 1.77. The number of rotatable bonds is 8. The van der Waals surface area contributed by atoms with Crippen molar-refractivity contribution in [1.29, 1.82) is 0 Å². The number of tetrazole rings is 1. The van der Waals surface area contributed by atoms with Crippen molar-refractivity contribution in [3.05, 3.63) is 63.6 Å². The van der Waals surface area contributed by atoms with Crippen molar-refractivity contribution >= 4 is 58.1 Å². The van der Waals surface area contributed by atoms with E-state index in [1.165, 1.54) is 48.0 Å². The molecular weight excluding hydrogens is 497 g/mol. The number of esters is 1. The number of halogens is 2. The van der Waals surface area contributed by atoms with Gasteiger partial charge in [0.05, 0.1) is 34.3 Å². The normalized spacial score (nSPS) is 13.6. The summed E-state index contributed by atoms with van der Waals surface area (Å²) in [5.41, 5.74) is 3.77. The Kier molecular flexibility index (Phi) is 7.55. The van der Waals surface area contributed by atoms with Gasteiger partial charge in [0, 0.05) is 6.08 Å². The number of carbonyl (C=O) groups is 2. The zero-order valence-corrected chi connectivity index (χ0v) is 20.7. The maximum atomic E-state index is 12.5. The highest BCUT2D eigenvalue weighted by Gasteiger charge is 2.24. The average molecular weight is 518 g/mol. The molecule has 0 radical (unpaired) electrons. The third kappa shape index (κ3) is 5.78. The molecule has 1 saturated carbocycles. The van der Waals surface area contributed by atoms with Gasteiger partial charge in [-0.05, 0) is 77.1 Å². The van der Waals surface area contributed by atoms with Gasteiger partial charge in [0.25, 0.3) is 0 Å². The molecule has 4 rings (SSSR count). The first-order valence-corrected chi connectivity index (χ1v) is 12.2. The number of hydrogen-bond donors (Lipinski definition) is 1. The van der Waals surface area contributed by atoms with Crippen molar-refractivity contribution in [2.75, 3.05) is 18.2 Å². The summed E-state index contributed by atoms with van der Waals surface area (Å²) in [6, 6.07) is 11.0. The van der Waals surface area contributed by atoms with Crippen molar-refractivity contribution < 1.29 is 14.3 Å². The van der Waals surface area contributed by atoms with Gasteiger partial charge in [-0.2, -0.15) is 4.68 Å². The third-order valence-electron chi connectivity index (χ3n) is 5.26. The van der Waals surface area contributed by atoms with Gasteiger partial charge in [-0.15, -0.1) is 5.10 Å². The molecule has 0 unspecified atom stereocenters. The lowest BCUT2D eigenvalue weighted by Gasteiger charge is -2.10. The Labute approximate surface area is 210 Å². The van der Waals surface area contributed by atoms with Gasteiger partial charge < -0.3 is 10.1 Å². The van der Waals surface area contributed by atoms with Gasteiger partial charge in [0.15, 0.2) is 0 Å². The minimum absolute atomic E-state index is 0.0670. The van der Waals surface area contributed by atoms with Crippen LogP contribution in [0.25, 0.3) is 11.3 Å². The van der Waals surface area contributed by atoms with Gasteiger partial charge in [-0.3, -0.25) is 4.79 Å². The lowest BCUT2D eigenvalue weighted by atomic mass is 10.1. The van der Waals surface area contributed by atoms with Crippen LogP contribution in [0.5, 0.6) is 0 Å². The molecule has 0 saturated heterocycles. The number of anilines is 1. The SMILES string of the molecule is COC(=O)/C=C(/C)c1ccc(NC(=O)CSc2nnnn2-c2ccc(C3CC3)cc2Cl)c(Cl)c1. The minimum atomic E-state index is -0.453. The molecule has 1 aliphatic carbocycles. The van der Waals surface area contributed by atoms with Crippen LogP contribution < -0.4 is 5.32 Å².